The van der Waals surface area contributed by atoms with Crippen LogP contribution in [0.15, 0.2) is 41.5 Å². The molecule has 0 bridgehead atoms. The van der Waals surface area contributed by atoms with Crippen LogP contribution in [-0.4, -0.2) is 12.1 Å². The molecule has 1 saturated carbocycles. The van der Waals surface area contributed by atoms with Gasteiger partial charge in [-0.15, -0.1) is 11.3 Å². The van der Waals surface area contributed by atoms with Crippen molar-refractivity contribution >= 4 is 23.5 Å². The van der Waals surface area contributed by atoms with Crippen LogP contribution in [0.3, 0.4) is 0 Å². The number of halogens is 1. The minimum Gasteiger partial charge on any atom is -0.273 e. The first-order valence-corrected chi connectivity index (χ1v) is 7.60. The average Bonchev–Trinajstić information content (AvgIpc) is 3.16. The Morgan fingerprint density at radius 3 is 2.76 bits per heavy atom. The molecule has 0 unspecified atom stereocenters. The zero-order chi connectivity index (χ0) is 14.8. The van der Waals surface area contributed by atoms with Gasteiger partial charge in [-0.1, -0.05) is 29.8 Å². The third-order valence-corrected chi connectivity index (χ3v) is 4.40. The smallest absolute Gasteiger partial charge is 0.243 e. The number of nitrogens with zero attached hydrogens (tertiary/aromatic N) is 1. The molecule has 108 valence electrons. The number of benzene rings is 1. The van der Waals surface area contributed by atoms with E-state index in [1.165, 1.54) is 23.4 Å². The lowest BCUT2D eigenvalue weighted by Gasteiger charge is -2.01. The SMILES string of the molecule is Cc1ccc([C@@H]2C[C@H]2C(=O)N/N=C\c2ccc(F)s2)cc1. The summed E-state index contributed by atoms with van der Waals surface area (Å²) in [5.74, 6) is 0.207. The van der Waals surface area contributed by atoms with Crippen LogP contribution in [0.25, 0.3) is 0 Å². The van der Waals surface area contributed by atoms with E-state index in [0.29, 0.717) is 10.8 Å². The molecule has 1 aliphatic carbocycles. The van der Waals surface area contributed by atoms with E-state index in [0.717, 1.165) is 17.8 Å². The van der Waals surface area contributed by atoms with Gasteiger partial charge in [0.1, 0.15) is 0 Å². The fourth-order valence-electron chi connectivity index (χ4n) is 2.31. The number of hydrogen-bond donors (Lipinski definition) is 1. The van der Waals surface area contributed by atoms with E-state index in [-0.39, 0.29) is 17.0 Å². The second-order valence-electron chi connectivity index (χ2n) is 5.24. The van der Waals surface area contributed by atoms with Crippen LogP contribution < -0.4 is 5.43 Å². The molecule has 2 aromatic rings. The molecule has 0 spiro atoms. The van der Waals surface area contributed by atoms with Crippen molar-refractivity contribution in [3.8, 4) is 0 Å². The topological polar surface area (TPSA) is 41.5 Å². The highest BCUT2D eigenvalue weighted by Gasteiger charge is 2.43. The summed E-state index contributed by atoms with van der Waals surface area (Å²) in [6.45, 7) is 2.04. The van der Waals surface area contributed by atoms with Crippen LogP contribution in [0.1, 0.15) is 28.3 Å². The predicted molar refractivity (Wildman–Crippen MR) is 82.0 cm³/mol. The number of carbonyl (C=O) groups excluding carboxylic acids is 1. The number of amides is 1. The lowest BCUT2D eigenvalue weighted by atomic mass is 10.1. The molecule has 1 amide bonds. The number of hydrazone groups is 1. The van der Waals surface area contributed by atoms with Crippen LogP contribution in [0.2, 0.25) is 0 Å². The van der Waals surface area contributed by atoms with Crippen molar-refractivity contribution in [1.29, 1.82) is 0 Å². The van der Waals surface area contributed by atoms with Gasteiger partial charge in [0.15, 0.2) is 5.13 Å². The van der Waals surface area contributed by atoms with Crippen LogP contribution in [0.5, 0.6) is 0 Å². The zero-order valence-corrected chi connectivity index (χ0v) is 12.4. The van der Waals surface area contributed by atoms with E-state index in [2.05, 4.69) is 34.8 Å². The van der Waals surface area contributed by atoms with E-state index in [1.54, 1.807) is 6.07 Å². The molecule has 0 aliphatic heterocycles. The first-order valence-electron chi connectivity index (χ1n) is 6.78. The summed E-state index contributed by atoms with van der Waals surface area (Å²) in [6.07, 6.45) is 2.33. The van der Waals surface area contributed by atoms with Gasteiger partial charge in [-0.05, 0) is 37.0 Å². The Kier molecular flexibility index (Phi) is 3.84. The summed E-state index contributed by atoms with van der Waals surface area (Å²) in [5.41, 5.74) is 4.94. The number of aryl methyl sites for hydroxylation is 1. The van der Waals surface area contributed by atoms with Gasteiger partial charge in [-0.2, -0.15) is 9.49 Å². The van der Waals surface area contributed by atoms with Gasteiger partial charge in [-0.25, -0.2) is 5.43 Å². The maximum absolute atomic E-state index is 12.8. The molecule has 1 aliphatic rings. The predicted octanol–water partition coefficient (Wildman–Crippen LogP) is 3.45. The molecule has 1 fully saturated rings. The van der Waals surface area contributed by atoms with Crippen molar-refractivity contribution in [2.75, 3.05) is 0 Å². The third-order valence-electron chi connectivity index (χ3n) is 3.59. The van der Waals surface area contributed by atoms with Gasteiger partial charge < -0.3 is 0 Å². The third kappa shape index (κ3) is 3.36. The molecule has 1 heterocycles. The molecule has 3 rings (SSSR count). The fourth-order valence-corrected chi connectivity index (χ4v) is 2.91. The Balaban J connectivity index is 1.53. The van der Waals surface area contributed by atoms with Gasteiger partial charge >= 0.3 is 0 Å². The number of rotatable bonds is 4. The van der Waals surface area contributed by atoms with E-state index in [9.17, 15) is 9.18 Å². The summed E-state index contributed by atoms with van der Waals surface area (Å²) in [5, 5.41) is 3.62. The Bertz CT molecular complexity index is 678. The van der Waals surface area contributed by atoms with Gasteiger partial charge in [0, 0.05) is 5.92 Å². The number of thiophene rings is 1. The monoisotopic (exact) mass is 302 g/mol. The van der Waals surface area contributed by atoms with Crippen molar-refractivity contribution in [3.05, 3.63) is 57.5 Å². The molecule has 1 N–H and O–H groups in total. The summed E-state index contributed by atoms with van der Waals surface area (Å²) in [4.78, 5) is 12.6. The Labute approximate surface area is 126 Å². The van der Waals surface area contributed by atoms with Crippen molar-refractivity contribution in [3.63, 3.8) is 0 Å². The van der Waals surface area contributed by atoms with Crippen LogP contribution in [0, 0.1) is 18.0 Å². The van der Waals surface area contributed by atoms with Gasteiger partial charge in [0.2, 0.25) is 5.91 Å². The van der Waals surface area contributed by atoms with Gasteiger partial charge in [0.05, 0.1) is 11.1 Å². The normalized spacial score (nSPS) is 20.7. The van der Waals surface area contributed by atoms with Gasteiger partial charge in [0.25, 0.3) is 0 Å². The second kappa shape index (κ2) is 5.77. The molecule has 5 heteroatoms. The lowest BCUT2D eigenvalue weighted by molar-refractivity contribution is -0.122. The minimum atomic E-state index is -0.260. The van der Waals surface area contributed by atoms with E-state index < -0.39 is 0 Å². The standard InChI is InChI=1S/C16H15FN2OS/c1-10-2-4-11(5-3-10)13-8-14(13)16(20)19-18-9-12-6-7-15(17)21-12/h2-7,9,13-14H,8H2,1H3,(H,19,20)/b18-9-/t13-,14+/m0/s1. The highest BCUT2D eigenvalue weighted by molar-refractivity contribution is 7.12. The summed E-state index contributed by atoms with van der Waals surface area (Å²) >= 11 is 0.995. The number of nitrogens with one attached hydrogen (secondary N) is 1. The quantitative estimate of drug-likeness (QED) is 0.682. The highest BCUT2D eigenvalue weighted by Crippen LogP contribution is 2.47. The van der Waals surface area contributed by atoms with E-state index >= 15 is 0 Å². The van der Waals surface area contributed by atoms with E-state index in [1.807, 2.05) is 6.92 Å². The fraction of sp³-hybridized carbons (Fsp3) is 0.250. The first kappa shape index (κ1) is 13.9. The molecule has 1 aromatic carbocycles. The largest absolute Gasteiger partial charge is 0.273 e. The van der Waals surface area contributed by atoms with Crippen molar-refractivity contribution < 1.29 is 9.18 Å². The maximum Gasteiger partial charge on any atom is 0.243 e. The maximum atomic E-state index is 12.8. The molecule has 3 nitrogen and oxygen atoms in total. The molecule has 0 radical (unpaired) electrons. The Hall–Kier alpha value is -2.01. The summed E-state index contributed by atoms with van der Waals surface area (Å²) in [6, 6.07) is 11.3. The van der Waals surface area contributed by atoms with Gasteiger partial charge in [-0.3, -0.25) is 4.79 Å². The molecule has 0 saturated heterocycles. The molecule has 21 heavy (non-hydrogen) atoms. The Morgan fingerprint density at radius 2 is 2.10 bits per heavy atom. The molecule has 2 atom stereocenters. The first-order chi connectivity index (χ1) is 10.1. The van der Waals surface area contributed by atoms with E-state index in [4.69, 9.17) is 0 Å². The molecular formula is C16H15FN2OS. The summed E-state index contributed by atoms with van der Waals surface area (Å²) in [7, 11) is 0. The highest BCUT2D eigenvalue weighted by atomic mass is 32.1. The van der Waals surface area contributed by atoms with Crippen LogP contribution >= 0.6 is 11.3 Å². The molecular weight excluding hydrogens is 287 g/mol. The zero-order valence-electron chi connectivity index (χ0n) is 11.5. The second-order valence-corrected chi connectivity index (χ2v) is 6.30. The summed E-state index contributed by atoms with van der Waals surface area (Å²) < 4.78 is 12.8. The van der Waals surface area contributed by atoms with Crippen molar-refractivity contribution in [2.24, 2.45) is 11.0 Å². The van der Waals surface area contributed by atoms with Crippen molar-refractivity contribution in [2.45, 2.75) is 19.3 Å². The van der Waals surface area contributed by atoms with Crippen LogP contribution in [0.4, 0.5) is 4.39 Å². The lowest BCUT2D eigenvalue weighted by Crippen LogP contribution is -2.19. The van der Waals surface area contributed by atoms with Crippen molar-refractivity contribution in [1.82, 2.24) is 5.43 Å². The number of carbonyl (C=O) groups is 1. The van der Waals surface area contributed by atoms with Crippen LogP contribution in [-0.2, 0) is 4.79 Å². The Morgan fingerprint density at radius 1 is 1.33 bits per heavy atom. The minimum absolute atomic E-state index is 0.00933. The average molecular weight is 302 g/mol. The number of hydrogen-bond acceptors (Lipinski definition) is 3. The molecule has 1 aromatic heterocycles.